The summed E-state index contributed by atoms with van der Waals surface area (Å²) in [4.78, 5) is 3.43. The Balaban J connectivity index is 1.81. The van der Waals surface area contributed by atoms with Crippen molar-refractivity contribution in [2.45, 2.75) is 30.5 Å². The van der Waals surface area contributed by atoms with Gasteiger partial charge in [-0.3, -0.25) is 0 Å². The van der Waals surface area contributed by atoms with Crippen molar-refractivity contribution >= 4 is 11.6 Å². The summed E-state index contributed by atoms with van der Waals surface area (Å²) >= 11 is 5.55. The average Bonchev–Trinajstić information content (AvgIpc) is 2.49. The number of rotatable bonds is 3. The van der Waals surface area contributed by atoms with Gasteiger partial charge in [-0.05, 0) is 23.8 Å². The van der Waals surface area contributed by atoms with Crippen LogP contribution in [0, 0.1) is 17.1 Å². The lowest BCUT2D eigenvalue weighted by Gasteiger charge is -2.42. The third-order valence-corrected chi connectivity index (χ3v) is 4.47. The molecule has 8 heteroatoms. The van der Waals surface area contributed by atoms with Gasteiger partial charge in [-0.2, -0.15) is 18.4 Å². The SMILES string of the molecule is N#CC1(c2cccc(F)c2)CC(Oc2ccnc(Cl)c2C(F)(F)F)C1. The second-order valence-electron chi connectivity index (χ2n) is 5.83. The first kappa shape index (κ1) is 17.5. The third kappa shape index (κ3) is 3.27. The maximum absolute atomic E-state index is 13.4. The molecule has 0 unspecified atom stereocenters. The average molecular weight is 371 g/mol. The summed E-state index contributed by atoms with van der Waals surface area (Å²) in [6.07, 6.45) is -3.88. The second kappa shape index (κ2) is 6.19. The maximum Gasteiger partial charge on any atom is 0.422 e. The first-order chi connectivity index (χ1) is 11.7. The second-order valence-corrected chi connectivity index (χ2v) is 6.18. The zero-order chi connectivity index (χ0) is 18.2. The Morgan fingerprint density at radius 3 is 2.60 bits per heavy atom. The molecular weight excluding hydrogens is 360 g/mol. The Labute approximate surface area is 145 Å². The lowest BCUT2D eigenvalue weighted by molar-refractivity contribution is -0.139. The van der Waals surface area contributed by atoms with Gasteiger partial charge in [0.25, 0.3) is 0 Å². The van der Waals surface area contributed by atoms with Crippen LogP contribution in [0.15, 0.2) is 36.5 Å². The van der Waals surface area contributed by atoms with E-state index >= 15 is 0 Å². The van der Waals surface area contributed by atoms with Crippen LogP contribution in [0.4, 0.5) is 17.6 Å². The zero-order valence-electron chi connectivity index (χ0n) is 12.6. The molecule has 1 heterocycles. The molecule has 1 saturated carbocycles. The summed E-state index contributed by atoms with van der Waals surface area (Å²) in [7, 11) is 0. The number of benzene rings is 1. The monoisotopic (exact) mass is 370 g/mol. The summed E-state index contributed by atoms with van der Waals surface area (Å²) in [5.74, 6) is -0.903. The third-order valence-electron chi connectivity index (χ3n) is 4.19. The predicted molar refractivity (Wildman–Crippen MR) is 81.6 cm³/mol. The maximum atomic E-state index is 13.4. The van der Waals surface area contributed by atoms with Gasteiger partial charge in [-0.1, -0.05) is 23.7 Å². The fraction of sp³-hybridized carbons (Fsp3) is 0.294. The Morgan fingerprint density at radius 2 is 2.00 bits per heavy atom. The molecule has 130 valence electrons. The molecule has 1 aliphatic rings. The van der Waals surface area contributed by atoms with E-state index in [0.717, 1.165) is 12.3 Å². The van der Waals surface area contributed by atoms with Gasteiger partial charge in [-0.15, -0.1) is 0 Å². The van der Waals surface area contributed by atoms with Crippen LogP contribution in [0.1, 0.15) is 24.0 Å². The molecule has 1 fully saturated rings. The molecule has 0 saturated heterocycles. The molecule has 3 nitrogen and oxygen atoms in total. The van der Waals surface area contributed by atoms with Gasteiger partial charge in [0.2, 0.25) is 0 Å². The Bertz CT molecular complexity index is 841. The smallest absolute Gasteiger partial charge is 0.422 e. The van der Waals surface area contributed by atoms with E-state index in [2.05, 4.69) is 11.1 Å². The van der Waals surface area contributed by atoms with Gasteiger partial charge in [0.05, 0.1) is 11.5 Å². The van der Waals surface area contributed by atoms with Crippen molar-refractivity contribution in [2.75, 3.05) is 0 Å². The van der Waals surface area contributed by atoms with E-state index in [0.29, 0.717) is 5.56 Å². The van der Waals surface area contributed by atoms with Crippen LogP contribution in [-0.2, 0) is 11.6 Å². The van der Waals surface area contributed by atoms with Gasteiger partial charge < -0.3 is 4.74 Å². The van der Waals surface area contributed by atoms with Crippen LogP contribution in [0.25, 0.3) is 0 Å². The molecule has 2 aromatic rings. The summed E-state index contributed by atoms with van der Waals surface area (Å²) in [5.41, 5.74) is -1.63. The van der Waals surface area contributed by atoms with Gasteiger partial charge in [0.1, 0.15) is 28.4 Å². The number of alkyl halides is 3. The minimum atomic E-state index is -4.71. The minimum absolute atomic E-state index is 0.157. The van der Waals surface area contributed by atoms with Crippen molar-refractivity contribution in [3.8, 4) is 11.8 Å². The Morgan fingerprint density at radius 1 is 1.28 bits per heavy atom. The van der Waals surface area contributed by atoms with Crippen LogP contribution in [0.2, 0.25) is 5.15 Å². The summed E-state index contributed by atoms with van der Waals surface area (Å²) in [6.45, 7) is 0. The highest BCUT2D eigenvalue weighted by atomic mass is 35.5. The summed E-state index contributed by atoms with van der Waals surface area (Å²) < 4.78 is 58.1. The van der Waals surface area contributed by atoms with Crippen molar-refractivity contribution < 1.29 is 22.3 Å². The van der Waals surface area contributed by atoms with Crippen molar-refractivity contribution in [2.24, 2.45) is 0 Å². The number of nitrogens with zero attached hydrogens (tertiary/aromatic N) is 2. The molecule has 0 radical (unpaired) electrons. The molecule has 0 atom stereocenters. The van der Waals surface area contributed by atoms with Crippen LogP contribution < -0.4 is 4.74 Å². The molecule has 3 rings (SSSR count). The molecule has 0 spiro atoms. The van der Waals surface area contributed by atoms with E-state index in [9.17, 15) is 22.8 Å². The fourth-order valence-electron chi connectivity index (χ4n) is 2.93. The molecule has 0 N–H and O–H groups in total. The van der Waals surface area contributed by atoms with Crippen LogP contribution in [-0.4, -0.2) is 11.1 Å². The van der Waals surface area contributed by atoms with Gasteiger partial charge in [-0.25, -0.2) is 9.37 Å². The van der Waals surface area contributed by atoms with E-state index in [1.165, 1.54) is 18.2 Å². The minimum Gasteiger partial charge on any atom is -0.489 e. The highest BCUT2D eigenvalue weighted by molar-refractivity contribution is 6.30. The van der Waals surface area contributed by atoms with Crippen LogP contribution in [0.5, 0.6) is 5.75 Å². The van der Waals surface area contributed by atoms with E-state index in [1.807, 2.05) is 0 Å². The number of pyridine rings is 1. The summed E-state index contributed by atoms with van der Waals surface area (Å²) in [6, 6.07) is 8.83. The quantitative estimate of drug-likeness (QED) is 0.570. The lowest BCUT2D eigenvalue weighted by Crippen LogP contribution is -2.46. The Hall–Kier alpha value is -2.33. The fourth-order valence-corrected chi connectivity index (χ4v) is 3.19. The van der Waals surface area contributed by atoms with E-state index < -0.39 is 40.0 Å². The highest BCUT2D eigenvalue weighted by Crippen LogP contribution is 2.47. The standard InChI is InChI=1S/C17H11ClF4N2O/c18-15-14(17(20,21)22)13(4-5-24-15)25-12-7-16(8-12,9-23)10-2-1-3-11(19)6-10/h1-6,12H,7-8H2. The van der Waals surface area contributed by atoms with Crippen LogP contribution in [0.3, 0.4) is 0 Å². The molecular formula is C17H11ClF4N2O. The Kier molecular flexibility index (Phi) is 4.33. The number of aromatic nitrogens is 1. The highest BCUT2D eigenvalue weighted by Gasteiger charge is 2.49. The molecule has 0 aliphatic heterocycles. The first-order valence-electron chi connectivity index (χ1n) is 7.31. The molecule has 1 aromatic carbocycles. The molecule has 0 amide bonds. The predicted octanol–water partition coefficient (Wildman–Crippen LogP) is 4.90. The lowest BCUT2D eigenvalue weighted by atomic mass is 9.63. The number of ether oxygens (including phenoxy) is 1. The molecule has 1 aliphatic carbocycles. The largest absolute Gasteiger partial charge is 0.489 e. The zero-order valence-corrected chi connectivity index (χ0v) is 13.4. The van der Waals surface area contributed by atoms with E-state index in [4.69, 9.17) is 16.3 Å². The van der Waals surface area contributed by atoms with Crippen LogP contribution >= 0.6 is 11.6 Å². The van der Waals surface area contributed by atoms with Crippen molar-refractivity contribution in [1.82, 2.24) is 4.98 Å². The van der Waals surface area contributed by atoms with Crippen molar-refractivity contribution in [3.05, 3.63) is 58.6 Å². The first-order valence-corrected chi connectivity index (χ1v) is 7.69. The topological polar surface area (TPSA) is 45.9 Å². The van der Waals surface area contributed by atoms with Gasteiger partial charge in [0, 0.05) is 19.0 Å². The summed E-state index contributed by atoms with van der Waals surface area (Å²) in [5, 5.41) is 8.76. The molecule has 0 bridgehead atoms. The van der Waals surface area contributed by atoms with E-state index in [-0.39, 0.29) is 12.8 Å². The number of nitriles is 1. The number of halogens is 5. The normalized spacial score (nSPS) is 22.8. The van der Waals surface area contributed by atoms with E-state index in [1.54, 1.807) is 6.07 Å². The number of hydrogen-bond donors (Lipinski definition) is 0. The number of hydrogen-bond acceptors (Lipinski definition) is 3. The molecule has 1 aromatic heterocycles. The van der Waals surface area contributed by atoms with Crippen molar-refractivity contribution in [1.29, 1.82) is 5.26 Å². The van der Waals surface area contributed by atoms with Gasteiger partial charge in [0.15, 0.2) is 0 Å². The van der Waals surface area contributed by atoms with Gasteiger partial charge >= 0.3 is 6.18 Å². The molecule has 25 heavy (non-hydrogen) atoms. The van der Waals surface area contributed by atoms with Crippen molar-refractivity contribution in [3.63, 3.8) is 0 Å².